The number of anilines is 1. The smallest absolute Gasteiger partial charge is 0.233 e. The molecule has 0 aliphatic carbocycles. The summed E-state index contributed by atoms with van der Waals surface area (Å²) in [5, 5.41) is 5.65. The van der Waals surface area contributed by atoms with Gasteiger partial charge in [-0.15, -0.1) is 0 Å². The second kappa shape index (κ2) is 10.3. The van der Waals surface area contributed by atoms with Gasteiger partial charge in [-0.05, 0) is 48.6 Å². The average molecular weight is 384 g/mol. The van der Waals surface area contributed by atoms with Crippen LogP contribution in [0, 0.1) is 6.92 Å². The second-order valence-electron chi connectivity index (χ2n) is 6.48. The van der Waals surface area contributed by atoms with Gasteiger partial charge in [-0.2, -0.15) is 0 Å². The summed E-state index contributed by atoms with van der Waals surface area (Å²) >= 11 is 0. The molecule has 0 heterocycles. The van der Waals surface area contributed by atoms with Crippen LogP contribution in [0.5, 0.6) is 11.5 Å². The fourth-order valence-electron chi connectivity index (χ4n) is 2.98. The fourth-order valence-corrected chi connectivity index (χ4v) is 2.98. The summed E-state index contributed by atoms with van der Waals surface area (Å²) in [6.07, 6.45) is 1.24. The minimum atomic E-state index is -0.312. The molecule has 28 heavy (non-hydrogen) atoms. The van der Waals surface area contributed by atoms with E-state index >= 15 is 0 Å². The van der Waals surface area contributed by atoms with Crippen molar-refractivity contribution in [3.63, 3.8) is 0 Å². The Bertz CT molecular complexity index is 833. The number of carbonyl (C=O) groups excluding carboxylic acids is 2. The third-order valence-electron chi connectivity index (χ3n) is 4.51. The molecular formula is C22H28N2O4. The van der Waals surface area contributed by atoms with Crippen molar-refractivity contribution >= 4 is 17.5 Å². The van der Waals surface area contributed by atoms with E-state index < -0.39 is 0 Å². The van der Waals surface area contributed by atoms with Gasteiger partial charge in [-0.3, -0.25) is 9.59 Å². The van der Waals surface area contributed by atoms with Crippen molar-refractivity contribution in [1.82, 2.24) is 5.32 Å². The number of hydrogen-bond acceptors (Lipinski definition) is 4. The van der Waals surface area contributed by atoms with Crippen molar-refractivity contribution in [3.8, 4) is 11.5 Å². The molecule has 0 atom stereocenters. The van der Waals surface area contributed by atoms with Crippen LogP contribution in [0.15, 0.2) is 36.4 Å². The highest BCUT2D eigenvalue weighted by Crippen LogP contribution is 2.27. The first kappa shape index (κ1) is 21.3. The zero-order chi connectivity index (χ0) is 20.5. The largest absolute Gasteiger partial charge is 0.493 e. The van der Waals surface area contributed by atoms with Crippen molar-refractivity contribution in [1.29, 1.82) is 0 Å². The molecule has 0 saturated carbocycles. The lowest BCUT2D eigenvalue weighted by Crippen LogP contribution is -2.30. The molecule has 2 N–H and O–H groups in total. The number of methoxy groups -OCH3 is 2. The standard InChI is InChI=1S/C22H28N2O4/c1-5-17-8-6-7-15(2)22(17)24-21(26)14-20(25)23-12-11-16-9-10-18(27-3)19(13-16)28-4/h6-10,13H,5,11-12,14H2,1-4H3,(H,23,25)(H,24,26). The van der Waals surface area contributed by atoms with Crippen molar-refractivity contribution in [3.05, 3.63) is 53.1 Å². The summed E-state index contributed by atoms with van der Waals surface area (Å²) in [6.45, 7) is 4.41. The summed E-state index contributed by atoms with van der Waals surface area (Å²) in [4.78, 5) is 24.3. The van der Waals surface area contributed by atoms with Gasteiger partial charge < -0.3 is 20.1 Å². The normalized spacial score (nSPS) is 10.3. The Labute approximate surface area is 166 Å². The third-order valence-corrected chi connectivity index (χ3v) is 4.51. The monoisotopic (exact) mass is 384 g/mol. The van der Waals surface area contributed by atoms with Gasteiger partial charge in [0.05, 0.1) is 14.2 Å². The molecule has 2 rings (SSSR count). The van der Waals surface area contributed by atoms with Crippen LogP contribution in [-0.4, -0.2) is 32.6 Å². The minimum absolute atomic E-state index is 0.205. The van der Waals surface area contributed by atoms with E-state index in [1.165, 1.54) is 0 Å². The number of rotatable bonds is 9. The van der Waals surface area contributed by atoms with E-state index in [-0.39, 0.29) is 18.2 Å². The first-order chi connectivity index (χ1) is 13.5. The molecule has 0 radical (unpaired) electrons. The van der Waals surface area contributed by atoms with Gasteiger partial charge in [0, 0.05) is 12.2 Å². The number of aryl methyl sites for hydroxylation is 2. The first-order valence-electron chi connectivity index (χ1n) is 9.34. The molecule has 6 nitrogen and oxygen atoms in total. The van der Waals surface area contributed by atoms with E-state index in [4.69, 9.17) is 9.47 Å². The summed E-state index contributed by atoms with van der Waals surface area (Å²) in [7, 11) is 3.17. The van der Waals surface area contributed by atoms with Crippen LogP contribution in [0.2, 0.25) is 0 Å². The number of carbonyl (C=O) groups is 2. The summed E-state index contributed by atoms with van der Waals surface area (Å²) in [5.74, 6) is 0.697. The Hall–Kier alpha value is -3.02. The van der Waals surface area contributed by atoms with Crippen molar-refractivity contribution < 1.29 is 19.1 Å². The molecule has 0 spiro atoms. The molecular weight excluding hydrogens is 356 g/mol. The lowest BCUT2D eigenvalue weighted by atomic mass is 10.1. The lowest BCUT2D eigenvalue weighted by Gasteiger charge is -2.13. The van der Waals surface area contributed by atoms with E-state index in [1.54, 1.807) is 14.2 Å². The van der Waals surface area contributed by atoms with Gasteiger partial charge in [-0.1, -0.05) is 31.2 Å². The van der Waals surface area contributed by atoms with Gasteiger partial charge in [0.25, 0.3) is 0 Å². The van der Waals surface area contributed by atoms with Crippen molar-refractivity contribution in [2.75, 3.05) is 26.1 Å². The summed E-state index contributed by atoms with van der Waals surface area (Å²) in [6, 6.07) is 11.5. The fraction of sp³-hybridized carbons (Fsp3) is 0.364. The molecule has 0 saturated heterocycles. The predicted molar refractivity (Wildman–Crippen MR) is 110 cm³/mol. The first-order valence-corrected chi connectivity index (χ1v) is 9.34. The highest BCUT2D eigenvalue weighted by atomic mass is 16.5. The predicted octanol–water partition coefficient (Wildman–Crippen LogP) is 3.26. The van der Waals surface area contributed by atoms with Crippen LogP contribution >= 0.6 is 0 Å². The Morgan fingerprint density at radius 2 is 1.75 bits per heavy atom. The Morgan fingerprint density at radius 1 is 1.00 bits per heavy atom. The molecule has 0 unspecified atom stereocenters. The number of para-hydroxylation sites is 1. The Balaban J connectivity index is 1.84. The zero-order valence-electron chi connectivity index (χ0n) is 16.9. The van der Waals surface area contributed by atoms with Gasteiger partial charge in [0.15, 0.2) is 11.5 Å². The molecule has 0 aromatic heterocycles. The minimum Gasteiger partial charge on any atom is -0.493 e. The number of amides is 2. The summed E-state index contributed by atoms with van der Waals surface area (Å²) in [5.41, 5.74) is 3.85. The molecule has 0 bridgehead atoms. The summed E-state index contributed by atoms with van der Waals surface area (Å²) < 4.78 is 10.5. The van der Waals surface area contributed by atoms with E-state index in [0.29, 0.717) is 24.5 Å². The van der Waals surface area contributed by atoms with Gasteiger partial charge in [0.1, 0.15) is 6.42 Å². The number of ether oxygens (including phenoxy) is 2. The molecule has 2 aromatic carbocycles. The van der Waals surface area contributed by atoms with E-state index in [2.05, 4.69) is 10.6 Å². The number of benzene rings is 2. The van der Waals surface area contributed by atoms with Crippen LogP contribution in [0.3, 0.4) is 0 Å². The molecule has 2 aromatic rings. The molecule has 150 valence electrons. The maximum atomic E-state index is 12.2. The van der Waals surface area contributed by atoms with Gasteiger partial charge >= 0.3 is 0 Å². The Kier molecular flexibility index (Phi) is 7.87. The second-order valence-corrected chi connectivity index (χ2v) is 6.48. The quantitative estimate of drug-likeness (QED) is 0.651. The van der Waals surface area contributed by atoms with Crippen LogP contribution in [0.25, 0.3) is 0 Å². The van der Waals surface area contributed by atoms with Gasteiger partial charge in [0.2, 0.25) is 11.8 Å². The third kappa shape index (κ3) is 5.74. The van der Waals surface area contributed by atoms with E-state index in [9.17, 15) is 9.59 Å². The average Bonchev–Trinajstić information content (AvgIpc) is 2.69. The zero-order valence-corrected chi connectivity index (χ0v) is 16.9. The van der Waals surface area contributed by atoms with Crippen LogP contribution < -0.4 is 20.1 Å². The molecule has 0 aliphatic heterocycles. The highest BCUT2D eigenvalue weighted by Gasteiger charge is 2.13. The van der Waals surface area contributed by atoms with Gasteiger partial charge in [-0.25, -0.2) is 0 Å². The molecule has 6 heteroatoms. The Morgan fingerprint density at radius 3 is 2.43 bits per heavy atom. The van der Waals surface area contributed by atoms with E-state index in [1.807, 2.05) is 50.2 Å². The maximum Gasteiger partial charge on any atom is 0.233 e. The SMILES string of the molecule is CCc1cccc(C)c1NC(=O)CC(=O)NCCc1ccc(OC)c(OC)c1. The lowest BCUT2D eigenvalue weighted by molar-refractivity contribution is -0.126. The maximum absolute atomic E-state index is 12.2. The van der Waals surface area contributed by atoms with Crippen LogP contribution in [0.4, 0.5) is 5.69 Å². The van der Waals surface area contributed by atoms with Crippen molar-refractivity contribution in [2.45, 2.75) is 33.1 Å². The van der Waals surface area contributed by atoms with Crippen LogP contribution in [0.1, 0.15) is 30.0 Å². The highest BCUT2D eigenvalue weighted by molar-refractivity contribution is 6.04. The van der Waals surface area contributed by atoms with E-state index in [0.717, 1.165) is 28.8 Å². The van der Waals surface area contributed by atoms with Crippen LogP contribution in [-0.2, 0) is 22.4 Å². The van der Waals surface area contributed by atoms with Crippen molar-refractivity contribution in [2.24, 2.45) is 0 Å². The molecule has 0 aliphatic rings. The molecule has 0 fully saturated rings. The number of nitrogens with one attached hydrogen (secondary N) is 2. The topological polar surface area (TPSA) is 76.7 Å². The number of hydrogen-bond donors (Lipinski definition) is 2. The molecule has 2 amide bonds.